The van der Waals surface area contributed by atoms with Crippen molar-refractivity contribution in [2.24, 2.45) is 7.05 Å². The maximum absolute atomic E-state index is 12.9. The molecule has 1 N–H and O–H groups in total. The summed E-state index contributed by atoms with van der Waals surface area (Å²) in [5.74, 6) is -0.390. The molecule has 0 aliphatic carbocycles. The van der Waals surface area contributed by atoms with E-state index in [9.17, 15) is 18.0 Å². The number of sulfonamides is 1. The molecule has 0 atom stereocenters. The van der Waals surface area contributed by atoms with E-state index in [-0.39, 0.29) is 16.5 Å². The first kappa shape index (κ1) is 19.7. The maximum Gasteiger partial charge on any atom is 0.272 e. The highest BCUT2D eigenvalue weighted by Gasteiger charge is 2.30. The van der Waals surface area contributed by atoms with Gasteiger partial charge in [0.25, 0.3) is 5.91 Å². The Morgan fingerprint density at radius 3 is 2.48 bits per heavy atom. The fourth-order valence-electron chi connectivity index (χ4n) is 3.88. The van der Waals surface area contributed by atoms with E-state index in [1.165, 1.54) is 21.1 Å². The lowest BCUT2D eigenvalue weighted by Gasteiger charge is -2.20. The molecule has 2 aliphatic rings. The summed E-state index contributed by atoms with van der Waals surface area (Å²) in [6.45, 7) is 1.64. The van der Waals surface area contributed by atoms with Crippen molar-refractivity contribution in [2.45, 2.75) is 30.6 Å². The van der Waals surface area contributed by atoms with E-state index >= 15 is 0 Å². The third kappa shape index (κ3) is 3.67. The molecule has 2 saturated heterocycles. The van der Waals surface area contributed by atoms with Crippen LogP contribution in [0.25, 0.3) is 0 Å². The van der Waals surface area contributed by atoms with Gasteiger partial charge in [-0.2, -0.15) is 4.31 Å². The molecule has 29 heavy (non-hydrogen) atoms. The summed E-state index contributed by atoms with van der Waals surface area (Å²) in [5, 5.41) is 2.84. The minimum Gasteiger partial charge on any atom is -0.345 e. The lowest BCUT2D eigenvalue weighted by atomic mass is 10.2. The summed E-state index contributed by atoms with van der Waals surface area (Å²) in [6, 6.07) is 8.55. The molecule has 2 fully saturated rings. The first-order chi connectivity index (χ1) is 13.9. The molecular weight excluding hydrogens is 392 g/mol. The number of carbonyl (C=O) groups excluding carboxylic acids is 2. The van der Waals surface area contributed by atoms with Crippen LogP contribution in [-0.4, -0.2) is 48.7 Å². The number of amides is 2. The average Bonchev–Trinajstić information content (AvgIpc) is 3.43. The van der Waals surface area contributed by atoms with Crippen LogP contribution in [0.5, 0.6) is 0 Å². The number of aromatic nitrogens is 1. The lowest BCUT2D eigenvalue weighted by Crippen LogP contribution is -2.27. The number of benzene rings is 1. The maximum atomic E-state index is 12.9. The summed E-state index contributed by atoms with van der Waals surface area (Å²) in [5.41, 5.74) is 1.42. The third-order valence-electron chi connectivity index (χ3n) is 5.43. The third-order valence-corrected chi connectivity index (χ3v) is 7.30. The minimum absolute atomic E-state index is 0.0320. The van der Waals surface area contributed by atoms with Crippen molar-refractivity contribution in [1.29, 1.82) is 0 Å². The molecule has 2 aromatic rings. The first-order valence-corrected chi connectivity index (χ1v) is 11.2. The van der Waals surface area contributed by atoms with Crippen LogP contribution in [0.2, 0.25) is 0 Å². The predicted octanol–water partition coefficient (Wildman–Crippen LogP) is 2.19. The molecule has 9 heteroatoms. The Labute approximate surface area is 170 Å². The van der Waals surface area contributed by atoms with Gasteiger partial charge >= 0.3 is 0 Å². The molecule has 8 nitrogen and oxygen atoms in total. The number of anilines is 2. The molecule has 1 aromatic carbocycles. The van der Waals surface area contributed by atoms with Crippen molar-refractivity contribution in [3.05, 3.63) is 42.2 Å². The highest BCUT2D eigenvalue weighted by molar-refractivity contribution is 7.89. The Bertz CT molecular complexity index is 1050. The second kappa shape index (κ2) is 7.64. The van der Waals surface area contributed by atoms with E-state index in [4.69, 9.17) is 0 Å². The van der Waals surface area contributed by atoms with E-state index in [0.717, 1.165) is 19.3 Å². The highest BCUT2D eigenvalue weighted by atomic mass is 32.2. The zero-order chi connectivity index (χ0) is 20.6. The van der Waals surface area contributed by atoms with Gasteiger partial charge in [-0.3, -0.25) is 9.59 Å². The van der Waals surface area contributed by atoms with E-state index in [1.54, 1.807) is 30.1 Å². The minimum atomic E-state index is -3.60. The van der Waals surface area contributed by atoms with Gasteiger partial charge in [0.2, 0.25) is 15.9 Å². The Kier molecular flexibility index (Phi) is 5.18. The number of rotatable bonds is 5. The van der Waals surface area contributed by atoms with Crippen molar-refractivity contribution >= 4 is 33.2 Å². The summed E-state index contributed by atoms with van der Waals surface area (Å²) in [7, 11) is -1.95. The fraction of sp³-hybridized carbons (Fsp3) is 0.400. The van der Waals surface area contributed by atoms with Gasteiger partial charge in [-0.1, -0.05) is 12.1 Å². The largest absolute Gasteiger partial charge is 0.345 e. The summed E-state index contributed by atoms with van der Waals surface area (Å²) in [4.78, 5) is 26.8. The van der Waals surface area contributed by atoms with Crippen molar-refractivity contribution in [1.82, 2.24) is 8.87 Å². The van der Waals surface area contributed by atoms with Crippen LogP contribution in [0.3, 0.4) is 0 Å². The Balaban J connectivity index is 1.59. The van der Waals surface area contributed by atoms with E-state index < -0.39 is 15.9 Å². The van der Waals surface area contributed by atoms with E-state index in [1.807, 2.05) is 6.07 Å². The first-order valence-electron chi connectivity index (χ1n) is 9.75. The van der Waals surface area contributed by atoms with Crippen molar-refractivity contribution < 1.29 is 18.0 Å². The standard InChI is InChI=1S/C20H24N4O4S/c1-22-14-15(29(27,28)23-10-4-5-11-23)13-18(22)20(26)21-16-7-2-3-8-17(16)24-12-6-9-19(24)25/h2-3,7-8,13-14H,4-6,9-12H2,1H3,(H,21,26). The number of hydrogen-bond donors (Lipinski definition) is 1. The number of nitrogens with zero attached hydrogens (tertiary/aromatic N) is 3. The SMILES string of the molecule is Cn1cc(S(=O)(=O)N2CCCC2)cc1C(=O)Nc1ccccc1N1CCCC1=O. The Morgan fingerprint density at radius 1 is 1.07 bits per heavy atom. The molecule has 0 saturated carbocycles. The van der Waals surface area contributed by atoms with Crippen molar-refractivity contribution in [3.8, 4) is 0 Å². The van der Waals surface area contributed by atoms with Crippen LogP contribution in [0.1, 0.15) is 36.2 Å². The fourth-order valence-corrected chi connectivity index (χ4v) is 5.47. The monoisotopic (exact) mass is 416 g/mol. The molecule has 0 spiro atoms. The molecule has 2 aliphatic heterocycles. The Hall–Kier alpha value is -2.65. The second-order valence-corrected chi connectivity index (χ2v) is 9.34. The number of para-hydroxylation sites is 2. The molecule has 154 valence electrons. The average molecular weight is 417 g/mol. The van der Waals surface area contributed by atoms with Crippen LogP contribution in [0.4, 0.5) is 11.4 Å². The summed E-state index contributed by atoms with van der Waals surface area (Å²) >= 11 is 0. The van der Waals surface area contributed by atoms with E-state index in [0.29, 0.717) is 37.4 Å². The molecule has 3 heterocycles. The van der Waals surface area contributed by atoms with Gasteiger partial charge in [0.05, 0.1) is 11.4 Å². The highest BCUT2D eigenvalue weighted by Crippen LogP contribution is 2.30. The van der Waals surface area contributed by atoms with Crippen LogP contribution in [-0.2, 0) is 21.9 Å². The number of aryl methyl sites for hydroxylation is 1. The molecule has 4 rings (SSSR count). The van der Waals surface area contributed by atoms with Crippen LogP contribution in [0.15, 0.2) is 41.4 Å². The molecule has 2 amide bonds. The zero-order valence-electron chi connectivity index (χ0n) is 16.3. The molecule has 0 radical (unpaired) electrons. The van der Waals surface area contributed by atoms with Crippen LogP contribution >= 0.6 is 0 Å². The Morgan fingerprint density at radius 2 is 1.79 bits per heavy atom. The van der Waals surface area contributed by atoms with Crippen molar-refractivity contribution in [2.75, 3.05) is 29.9 Å². The van der Waals surface area contributed by atoms with Gasteiger partial charge in [0.15, 0.2) is 0 Å². The quantitative estimate of drug-likeness (QED) is 0.809. The second-order valence-electron chi connectivity index (χ2n) is 7.40. The van der Waals surface area contributed by atoms with Gasteiger partial charge in [0, 0.05) is 39.3 Å². The lowest BCUT2D eigenvalue weighted by molar-refractivity contribution is -0.117. The van der Waals surface area contributed by atoms with Gasteiger partial charge in [0.1, 0.15) is 10.6 Å². The zero-order valence-corrected chi connectivity index (χ0v) is 17.1. The van der Waals surface area contributed by atoms with Crippen LogP contribution < -0.4 is 10.2 Å². The number of hydrogen-bond acceptors (Lipinski definition) is 4. The van der Waals surface area contributed by atoms with Gasteiger partial charge in [-0.25, -0.2) is 8.42 Å². The smallest absolute Gasteiger partial charge is 0.272 e. The van der Waals surface area contributed by atoms with Crippen LogP contribution in [0, 0.1) is 0 Å². The van der Waals surface area contributed by atoms with Gasteiger partial charge < -0.3 is 14.8 Å². The van der Waals surface area contributed by atoms with Gasteiger partial charge in [-0.15, -0.1) is 0 Å². The summed E-state index contributed by atoms with van der Waals surface area (Å²) < 4.78 is 28.5. The topological polar surface area (TPSA) is 91.7 Å². The molecule has 1 aromatic heterocycles. The van der Waals surface area contributed by atoms with E-state index in [2.05, 4.69) is 5.32 Å². The predicted molar refractivity (Wildman–Crippen MR) is 109 cm³/mol. The number of nitrogens with one attached hydrogen (secondary N) is 1. The van der Waals surface area contributed by atoms with Gasteiger partial charge in [-0.05, 0) is 37.5 Å². The number of carbonyl (C=O) groups is 2. The molecule has 0 bridgehead atoms. The summed E-state index contributed by atoms with van der Waals surface area (Å²) in [6.07, 6.45) is 4.46. The molecule has 0 unspecified atom stereocenters. The normalized spacial score (nSPS) is 17.8. The molecular formula is C20H24N4O4S. The van der Waals surface area contributed by atoms with Crippen molar-refractivity contribution in [3.63, 3.8) is 0 Å².